The lowest BCUT2D eigenvalue weighted by molar-refractivity contribution is 0.0576. The summed E-state index contributed by atoms with van der Waals surface area (Å²) in [6.45, 7) is 7.50. The molecule has 0 aliphatic heterocycles. The smallest absolute Gasteiger partial charge is 0.416 e. The number of hydrogen-bond acceptors (Lipinski definition) is 3. The number of aryl methyl sites for hydroxylation is 1. The Morgan fingerprint density at radius 3 is 2.61 bits per heavy atom. The molecular weight excluding hydrogens is 295 g/mol. The van der Waals surface area contributed by atoms with Crippen LogP contribution in [-0.2, 0) is 11.3 Å². The SMILES string of the molecule is Cc1ccnc(N(Cc2cccc(F)c2)C(=O)OC(C)(C)C)c1. The van der Waals surface area contributed by atoms with Gasteiger partial charge < -0.3 is 4.74 Å². The Hall–Kier alpha value is -2.43. The second kappa shape index (κ2) is 6.77. The Balaban J connectivity index is 2.33. The van der Waals surface area contributed by atoms with Crippen LogP contribution in [0.15, 0.2) is 42.6 Å². The molecule has 5 heteroatoms. The van der Waals surface area contributed by atoms with Gasteiger partial charge in [-0.1, -0.05) is 12.1 Å². The number of amides is 1. The molecule has 2 rings (SSSR count). The molecule has 1 heterocycles. The zero-order valence-electron chi connectivity index (χ0n) is 13.8. The number of aromatic nitrogens is 1. The third kappa shape index (κ3) is 5.06. The molecule has 0 saturated heterocycles. The van der Waals surface area contributed by atoms with Gasteiger partial charge in [-0.2, -0.15) is 0 Å². The number of nitrogens with zero attached hydrogens (tertiary/aromatic N) is 2. The van der Waals surface area contributed by atoms with Gasteiger partial charge in [-0.25, -0.2) is 14.2 Å². The summed E-state index contributed by atoms with van der Waals surface area (Å²) >= 11 is 0. The molecule has 2 aromatic rings. The lowest BCUT2D eigenvalue weighted by Crippen LogP contribution is -2.37. The van der Waals surface area contributed by atoms with Crippen molar-refractivity contribution in [3.8, 4) is 0 Å². The molecule has 1 amide bonds. The monoisotopic (exact) mass is 316 g/mol. The molecule has 0 fully saturated rings. The van der Waals surface area contributed by atoms with Gasteiger partial charge in [0.1, 0.15) is 17.2 Å². The normalized spacial score (nSPS) is 11.2. The van der Waals surface area contributed by atoms with Crippen molar-refractivity contribution >= 4 is 11.9 Å². The van der Waals surface area contributed by atoms with Crippen LogP contribution in [0.4, 0.5) is 15.0 Å². The lowest BCUT2D eigenvalue weighted by atomic mass is 10.2. The van der Waals surface area contributed by atoms with Crippen molar-refractivity contribution in [2.75, 3.05) is 4.90 Å². The Morgan fingerprint density at radius 1 is 1.26 bits per heavy atom. The van der Waals surface area contributed by atoms with E-state index in [-0.39, 0.29) is 12.4 Å². The minimum atomic E-state index is -0.624. The van der Waals surface area contributed by atoms with Gasteiger partial charge in [0.05, 0.1) is 6.54 Å². The highest BCUT2D eigenvalue weighted by Crippen LogP contribution is 2.20. The largest absolute Gasteiger partial charge is 0.443 e. The zero-order valence-corrected chi connectivity index (χ0v) is 13.8. The summed E-state index contributed by atoms with van der Waals surface area (Å²) in [5, 5.41) is 0. The van der Waals surface area contributed by atoms with E-state index in [4.69, 9.17) is 4.74 Å². The first kappa shape index (κ1) is 16.9. The number of pyridine rings is 1. The minimum Gasteiger partial charge on any atom is -0.443 e. The van der Waals surface area contributed by atoms with E-state index in [2.05, 4.69) is 4.98 Å². The summed E-state index contributed by atoms with van der Waals surface area (Å²) in [4.78, 5) is 18.2. The van der Waals surface area contributed by atoms with E-state index in [1.807, 2.05) is 13.0 Å². The third-order valence-corrected chi connectivity index (χ3v) is 3.02. The molecular formula is C18H21FN2O2. The molecule has 122 valence electrons. The van der Waals surface area contributed by atoms with Gasteiger partial charge in [-0.05, 0) is 63.1 Å². The first-order valence-corrected chi connectivity index (χ1v) is 7.42. The summed E-state index contributed by atoms with van der Waals surface area (Å²) in [6.07, 6.45) is 1.12. The summed E-state index contributed by atoms with van der Waals surface area (Å²) in [5.74, 6) is 0.132. The fraction of sp³-hybridized carbons (Fsp3) is 0.333. The van der Waals surface area contributed by atoms with Gasteiger partial charge in [-0.15, -0.1) is 0 Å². The molecule has 0 aliphatic rings. The van der Waals surface area contributed by atoms with Crippen LogP contribution in [0.2, 0.25) is 0 Å². The lowest BCUT2D eigenvalue weighted by Gasteiger charge is -2.27. The summed E-state index contributed by atoms with van der Waals surface area (Å²) < 4.78 is 18.9. The standard InChI is InChI=1S/C18H21FN2O2/c1-13-8-9-20-16(10-13)21(17(22)23-18(2,3)4)12-14-6-5-7-15(19)11-14/h5-11H,12H2,1-4H3. The Labute approximate surface area is 135 Å². The van der Waals surface area contributed by atoms with Crippen LogP contribution >= 0.6 is 0 Å². The maximum absolute atomic E-state index is 13.4. The Kier molecular flexibility index (Phi) is 4.98. The highest BCUT2D eigenvalue weighted by molar-refractivity contribution is 5.86. The molecule has 1 aromatic heterocycles. The zero-order chi connectivity index (χ0) is 17.0. The Morgan fingerprint density at radius 2 is 2.00 bits per heavy atom. The molecule has 1 aromatic carbocycles. The topological polar surface area (TPSA) is 42.4 Å². The average Bonchev–Trinajstić information content (AvgIpc) is 2.43. The summed E-state index contributed by atoms with van der Waals surface area (Å²) in [7, 11) is 0. The molecule has 0 radical (unpaired) electrons. The molecule has 0 spiro atoms. The average molecular weight is 316 g/mol. The maximum Gasteiger partial charge on any atom is 0.416 e. The molecule has 0 atom stereocenters. The van der Waals surface area contributed by atoms with Crippen molar-refractivity contribution in [3.63, 3.8) is 0 Å². The Bertz CT molecular complexity index is 695. The van der Waals surface area contributed by atoms with Gasteiger partial charge in [0, 0.05) is 6.20 Å². The van der Waals surface area contributed by atoms with Crippen LogP contribution in [-0.4, -0.2) is 16.7 Å². The van der Waals surface area contributed by atoms with Crippen LogP contribution in [0.5, 0.6) is 0 Å². The number of anilines is 1. The van der Waals surface area contributed by atoms with Crippen molar-refractivity contribution in [2.45, 2.75) is 39.8 Å². The highest BCUT2D eigenvalue weighted by Gasteiger charge is 2.24. The minimum absolute atomic E-state index is 0.184. The third-order valence-electron chi connectivity index (χ3n) is 3.02. The van der Waals surface area contributed by atoms with E-state index < -0.39 is 11.7 Å². The van der Waals surface area contributed by atoms with E-state index in [1.165, 1.54) is 17.0 Å². The van der Waals surface area contributed by atoms with E-state index in [1.54, 1.807) is 45.2 Å². The second-order valence-corrected chi connectivity index (χ2v) is 6.39. The molecule has 4 nitrogen and oxygen atoms in total. The first-order valence-electron chi connectivity index (χ1n) is 7.42. The van der Waals surface area contributed by atoms with E-state index in [0.29, 0.717) is 11.4 Å². The maximum atomic E-state index is 13.4. The summed E-state index contributed by atoms with van der Waals surface area (Å²) in [6, 6.07) is 9.78. The quantitative estimate of drug-likeness (QED) is 0.839. The van der Waals surface area contributed by atoms with Gasteiger partial charge >= 0.3 is 6.09 Å². The number of hydrogen-bond donors (Lipinski definition) is 0. The highest BCUT2D eigenvalue weighted by atomic mass is 19.1. The number of rotatable bonds is 3. The fourth-order valence-electron chi connectivity index (χ4n) is 2.04. The van der Waals surface area contributed by atoms with Gasteiger partial charge in [0.25, 0.3) is 0 Å². The fourth-order valence-corrected chi connectivity index (χ4v) is 2.04. The molecule has 0 N–H and O–H groups in total. The van der Waals surface area contributed by atoms with E-state index >= 15 is 0 Å². The van der Waals surface area contributed by atoms with Crippen molar-refractivity contribution in [2.24, 2.45) is 0 Å². The van der Waals surface area contributed by atoms with Crippen molar-refractivity contribution in [1.82, 2.24) is 4.98 Å². The molecule has 0 bridgehead atoms. The number of carbonyl (C=O) groups is 1. The van der Waals surface area contributed by atoms with Gasteiger partial charge in [-0.3, -0.25) is 4.90 Å². The van der Waals surface area contributed by atoms with Crippen LogP contribution in [0, 0.1) is 12.7 Å². The van der Waals surface area contributed by atoms with Crippen molar-refractivity contribution < 1.29 is 13.9 Å². The number of halogens is 1. The van der Waals surface area contributed by atoms with E-state index in [9.17, 15) is 9.18 Å². The van der Waals surface area contributed by atoms with Gasteiger partial charge in [0.15, 0.2) is 0 Å². The predicted octanol–water partition coefficient (Wildman–Crippen LogP) is 4.47. The van der Waals surface area contributed by atoms with Crippen LogP contribution in [0.3, 0.4) is 0 Å². The van der Waals surface area contributed by atoms with Crippen LogP contribution in [0.1, 0.15) is 31.9 Å². The van der Waals surface area contributed by atoms with Crippen molar-refractivity contribution in [3.05, 3.63) is 59.5 Å². The second-order valence-electron chi connectivity index (χ2n) is 6.39. The van der Waals surface area contributed by atoms with Crippen molar-refractivity contribution in [1.29, 1.82) is 0 Å². The predicted molar refractivity (Wildman–Crippen MR) is 87.8 cm³/mol. The molecule has 0 aliphatic carbocycles. The van der Waals surface area contributed by atoms with E-state index in [0.717, 1.165) is 5.56 Å². The molecule has 0 unspecified atom stereocenters. The molecule has 0 saturated carbocycles. The number of ether oxygens (including phenoxy) is 1. The van der Waals surface area contributed by atoms with Crippen LogP contribution in [0.25, 0.3) is 0 Å². The number of carbonyl (C=O) groups excluding carboxylic acids is 1. The van der Waals surface area contributed by atoms with Gasteiger partial charge in [0.2, 0.25) is 0 Å². The first-order chi connectivity index (χ1) is 10.7. The van der Waals surface area contributed by atoms with Crippen LogP contribution < -0.4 is 4.90 Å². The molecule has 23 heavy (non-hydrogen) atoms. The number of benzene rings is 1. The summed E-state index contributed by atoms with van der Waals surface area (Å²) in [5.41, 5.74) is 1.02.